The zero-order valence-corrected chi connectivity index (χ0v) is 9.09. The number of benzene rings is 1. The highest BCUT2D eigenvalue weighted by molar-refractivity contribution is 5.94. The van der Waals surface area contributed by atoms with Crippen LogP contribution in [0.2, 0.25) is 0 Å². The number of amides is 1. The van der Waals surface area contributed by atoms with E-state index in [2.05, 4.69) is 5.32 Å². The number of carbonyl (C=O) groups excluding carboxylic acids is 1. The van der Waals surface area contributed by atoms with Crippen LogP contribution in [0.25, 0.3) is 0 Å². The zero-order valence-electron chi connectivity index (χ0n) is 9.09. The average molecular weight is 223 g/mol. The molecule has 0 bridgehead atoms. The molecule has 86 valence electrons. The van der Waals surface area contributed by atoms with Gasteiger partial charge in [0.05, 0.1) is 11.8 Å². The predicted molar refractivity (Wildman–Crippen MR) is 58.6 cm³/mol. The summed E-state index contributed by atoms with van der Waals surface area (Å²) in [6.07, 6.45) is 0.808. The van der Waals surface area contributed by atoms with Crippen molar-refractivity contribution in [2.45, 2.75) is 32.3 Å². The topological polar surface area (TPSA) is 49.3 Å². The first kappa shape index (κ1) is 11.1. The van der Waals surface area contributed by atoms with Crippen LogP contribution in [0.3, 0.4) is 0 Å². The number of hydrogen-bond donors (Lipinski definition) is 2. The number of hydrogen-bond acceptors (Lipinski definition) is 2. The summed E-state index contributed by atoms with van der Waals surface area (Å²) in [5.41, 5.74) is 1.61. The number of carbonyl (C=O) groups is 1. The molecule has 0 radical (unpaired) electrons. The minimum Gasteiger partial charge on any atom is -0.388 e. The highest BCUT2D eigenvalue weighted by Crippen LogP contribution is 2.30. The lowest BCUT2D eigenvalue weighted by Gasteiger charge is -2.19. The van der Waals surface area contributed by atoms with Gasteiger partial charge >= 0.3 is 0 Å². The molecule has 2 rings (SSSR count). The number of nitrogens with one attached hydrogen (secondary N) is 1. The second-order valence-corrected chi connectivity index (χ2v) is 4.01. The van der Waals surface area contributed by atoms with E-state index >= 15 is 0 Å². The number of halogens is 1. The average Bonchev–Trinajstić information content (AvgIpc) is 2.28. The van der Waals surface area contributed by atoms with E-state index in [1.165, 1.54) is 6.07 Å². The quantitative estimate of drug-likeness (QED) is 0.807. The lowest BCUT2D eigenvalue weighted by atomic mass is 9.97. The van der Waals surface area contributed by atoms with Crippen LogP contribution in [0.15, 0.2) is 12.1 Å². The van der Waals surface area contributed by atoms with E-state index in [1.54, 1.807) is 6.07 Å². The Morgan fingerprint density at radius 2 is 2.25 bits per heavy atom. The Balaban J connectivity index is 2.42. The molecule has 1 amide bonds. The SMILES string of the molecule is CCC(O)c1cc(F)c2c(c1)CCC(=O)N2. The third kappa shape index (κ3) is 1.93. The summed E-state index contributed by atoms with van der Waals surface area (Å²) in [6.45, 7) is 1.84. The van der Waals surface area contributed by atoms with Gasteiger partial charge in [-0.1, -0.05) is 13.0 Å². The van der Waals surface area contributed by atoms with Gasteiger partial charge in [-0.25, -0.2) is 4.39 Å². The third-order valence-electron chi connectivity index (χ3n) is 2.85. The minimum atomic E-state index is -0.641. The van der Waals surface area contributed by atoms with Crippen molar-refractivity contribution < 1.29 is 14.3 Å². The summed E-state index contributed by atoms with van der Waals surface area (Å²) in [7, 11) is 0. The molecule has 0 aliphatic carbocycles. The molecule has 0 spiro atoms. The standard InChI is InChI=1S/C12H14FNO2/c1-2-10(15)8-5-7-3-4-11(16)14-12(7)9(13)6-8/h5-6,10,15H,2-4H2,1H3,(H,14,16). The number of aliphatic hydroxyl groups is 1. The van der Waals surface area contributed by atoms with Gasteiger partial charge in [-0.3, -0.25) is 4.79 Å². The van der Waals surface area contributed by atoms with Crippen molar-refractivity contribution in [2.24, 2.45) is 0 Å². The Hall–Kier alpha value is -1.42. The fourth-order valence-electron chi connectivity index (χ4n) is 1.90. The van der Waals surface area contributed by atoms with E-state index in [-0.39, 0.29) is 11.6 Å². The summed E-state index contributed by atoms with van der Waals surface area (Å²) in [5, 5.41) is 12.2. The first-order chi connectivity index (χ1) is 7.61. The summed E-state index contributed by atoms with van der Waals surface area (Å²) in [5.74, 6) is -0.622. The molecular formula is C12H14FNO2. The number of aliphatic hydroxyl groups excluding tert-OH is 1. The van der Waals surface area contributed by atoms with Gasteiger partial charge in [0.15, 0.2) is 0 Å². The maximum absolute atomic E-state index is 13.7. The van der Waals surface area contributed by atoms with Crippen molar-refractivity contribution in [1.82, 2.24) is 0 Å². The largest absolute Gasteiger partial charge is 0.388 e. The van der Waals surface area contributed by atoms with Crippen molar-refractivity contribution in [3.8, 4) is 0 Å². The van der Waals surface area contributed by atoms with Crippen molar-refractivity contribution in [3.63, 3.8) is 0 Å². The number of aryl methyl sites for hydroxylation is 1. The summed E-state index contributed by atoms with van der Waals surface area (Å²) < 4.78 is 13.7. The molecule has 16 heavy (non-hydrogen) atoms. The van der Waals surface area contributed by atoms with E-state index in [9.17, 15) is 14.3 Å². The molecule has 4 heteroatoms. The van der Waals surface area contributed by atoms with Gasteiger partial charge in [-0.2, -0.15) is 0 Å². The van der Waals surface area contributed by atoms with Crippen molar-refractivity contribution in [1.29, 1.82) is 0 Å². The minimum absolute atomic E-state index is 0.157. The van der Waals surface area contributed by atoms with Crippen LogP contribution in [0.5, 0.6) is 0 Å². The monoisotopic (exact) mass is 223 g/mol. The Morgan fingerprint density at radius 3 is 2.94 bits per heavy atom. The van der Waals surface area contributed by atoms with Crippen LogP contribution in [0.4, 0.5) is 10.1 Å². The summed E-state index contributed by atoms with van der Waals surface area (Å²) >= 11 is 0. The lowest BCUT2D eigenvalue weighted by molar-refractivity contribution is -0.116. The van der Waals surface area contributed by atoms with Crippen LogP contribution >= 0.6 is 0 Å². The first-order valence-corrected chi connectivity index (χ1v) is 5.42. The first-order valence-electron chi connectivity index (χ1n) is 5.42. The van der Waals surface area contributed by atoms with Crippen LogP contribution < -0.4 is 5.32 Å². The van der Waals surface area contributed by atoms with Crippen LogP contribution in [-0.2, 0) is 11.2 Å². The van der Waals surface area contributed by atoms with Gasteiger partial charge < -0.3 is 10.4 Å². The van der Waals surface area contributed by atoms with E-state index in [0.29, 0.717) is 24.8 Å². The number of anilines is 1. The van der Waals surface area contributed by atoms with Gasteiger partial charge in [0, 0.05) is 6.42 Å². The predicted octanol–water partition coefficient (Wildman–Crippen LogP) is 2.15. The van der Waals surface area contributed by atoms with Gasteiger partial charge in [-0.05, 0) is 30.0 Å². The fourth-order valence-corrected chi connectivity index (χ4v) is 1.90. The van der Waals surface area contributed by atoms with E-state index < -0.39 is 11.9 Å². The second kappa shape index (κ2) is 4.22. The van der Waals surface area contributed by atoms with Crippen molar-refractivity contribution in [2.75, 3.05) is 5.32 Å². The molecule has 0 saturated carbocycles. The molecule has 1 aliphatic heterocycles. The molecule has 3 nitrogen and oxygen atoms in total. The normalized spacial score (nSPS) is 16.6. The molecular weight excluding hydrogens is 209 g/mol. The highest BCUT2D eigenvalue weighted by atomic mass is 19.1. The Bertz CT molecular complexity index is 431. The Labute approximate surface area is 93.3 Å². The van der Waals surface area contributed by atoms with E-state index in [4.69, 9.17) is 0 Å². The van der Waals surface area contributed by atoms with Crippen molar-refractivity contribution in [3.05, 3.63) is 29.1 Å². The fraction of sp³-hybridized carbons (Fsp3) is 0.417. The molecule has 0 saturated heterocycles. The van der Waals surface area contributed by atoms with E-state index in [1.807, 2.05) is 6.92 Å². The van der Waals surface area contributed by atoms with Gasteiger partial charge in [0.25, 0.3) is 0 Å². The second-order valence-electron chi connectivity index (χ2n) is 4.01. The zero-order chi connectivity index (χ0) is 11.7. The molecule has 2 N–H and O–H groups in total. The maximum atomic E-state index is 13.7. The number of fused-ring (bicyclic) bond motifs is 1. The molecule has 0 fully saturated rings. The molecule has 0 aromatic heterocycles. The van der Waals surface area contributed by atoms with Gasteiger partial charge in [-0.15, -0.1) is 0 Å². The highest BCUT2D eigenvalue weighted by Gasteiger charge is 2.20. The molecule has 1 heterocycles. The van der Waals surface area contributed by atoms with Crippen LogP contribution in [-0.4, -0.2) is 11.0 Å². The van der Waals surface area contributed by atoms with E-state index in [0.717, 1.165) is 5.56 Å². The number of rotatable bonds is 2. The smallest absolute Gasteiger partial charge is 0.224 e. The van der Waals surface area contributed by atoms with Gasteiger partial charge in [0.2, 0.25) is 5.91 Å². The van der Waals surface area contributed by atoms with Crippen LogP contribution in [0, 0.1) is 5.82 Å². The molecule has 1 aromatic rings. The molecule has 1 aromatic carbocycles. The lowest BCUT2D eigenvalue weighted by Crippen LogP contribution is -2.20. The Kier molecular flexibility index (Phi) is 2.92. The maximum Gasteiger partial charge on any atom is 0.224 e. The van der Waals surface area contributed by atoms with Crippen molar-refractivity contribution >= 4 is 11.6 Å². The summed E-state index contributed by atoms with van der Waals surface area (Å²) in [6, 6.07) is 3.06. The third-order valence-corrected chi connectivity index (χ3v) is 2.85. The van der Waals surface area contributed by atoms with Crippen LogP contribution in [0.1, 0.15) is 37.0 Å². The Morgan fingerprint density at radius 1 is 1.50 bits per heavy atom. The summed E-state index contributed by atoms with van der Waals surface area (Å²) in [4.78, 5) is 11.1. The molecule has 1 atom stereocenters. The van der Waals surface area contributed by atoms with Gasteiger partial charge in [0.1, 0.15) is 5.82 Å². The molecule has 1 unspecified atom stereocenters. The molecule has 1 aliphatic rings.